The average molecular weight is 240 g/mol. The van der Waals surface area contributed by atoms with Gasteiger partial charge in [-0.15, -0.1) is 0 Å². The Kier molecular flexibility index (Phi) is 3.28. The van der Waals surface area contributed by atoms with Crippen molar-refractivity contribution in [3.8, 4) is 0 Å². The van der Waals surface area contributed by atoms with Gasteiger partial charge in [0.2, 0.25) is 0 Å². The van der Waals surface area contributed by atoms with Crippen LogP contribution in [0.3, 0.4) is 0 Å². The number of benzene rings is 1. The number of hydrogen-bond donors (Lipinski definition) is 1. The van der Waals surface area contributed by atoms with Crippen LogP contribution in [0, 0.1) is 0 Å². The van der Waals surface area contributed by atoms with Crippen molar-refractivity contribution in [1.82, 2.24) is 4.31 Å². The summed E-state index contributed by atoms with van der Waals surface area (Å²) >= 11 is 0. The maximum atomic E-state index is 11.3. The molecule has 2 N–H and O–H groups in total. The van der Waals surface area contributed by atoms with E-state index in [9.17, 15) is 8.42 Å². The third-order valence-electron chi connectivity index (χ3n) is 2.96. The molecular formula is C11H16N2O2S. The molecule has 88 valence electrons. The summed E-state index contributed by atoms with van der Waals surface area (Å²) in [4.78, 5) is 0. The number of fused-ring (bicyclic) bond motifs is 1. The highest BCUT2D eigenvalue weighted by Gasteiger charge is 2.19. The van der Waals surface area contributed by atoms with Crippen molar-refractivity contribution in [3.05, 3.63) is 35.4 Å². The lowest BCUT2D eigenvalue weighted by Gasteiger charge is -2.23. The van der Waals surface area contributed by atoms with Crippen LogP contribution in [-0.2, 0) is 23.1 Å². The second-order valence-corrected chi connectivity index (χ2v) is 5.61. The van der Waals surface area contributed by atoms with Crippen LogP contribution >= 0.6 is 0 Å². The van der Waals surface area contributed by atoms with Crippen molar-refractivity contribution in [2.45, 2.75) is 19.3 Å². The molecule has 0 aliphatic carbocycles. The Labute approximate surface area is 96.2 Å². The van der Waals surface area contributed by atoms with Gasteiger partial charge in [0, 0.05) is 13.1 Å². The van der Waals surface area contributed by atoms with E-state index in [1.165, 1.54) is 15.4 Å². The zero-order chi connectivity index (χ0) is 11.6. The normalized spacial score (nSPS) is 18.6. The van der Waals surface area contributed by atoms with Gasteiger partial charge in [0.15, 0.2) is 0 Å². The topological polar surface area (TPSA) is 63.4 Å². The molecule has 16 heavy (non-hydrogen) atoms. The Morgan fingerprint density at radius 1 is 1.06 bits per heavy atom. The summed E-state index contributed by atoms with van der Waals surface area (Å²) in [6.45, 7) is 1.00. The zero-order valence-electron chi connectivity index (χ0n) is 9.09. The van der Waals surface area contributed by atoms with Gasteiger partial charge in [-0.25, -0.2) is 5.14 Å². The minimum atomic E-state index is -3.53. The summed E-state index contributed by atoms with van der Waals surface area (Å²) in [7, 11) is -3.53. The maximum absolute atomic E-state index is 11.3. The van der Waals surface area contributed by atoms with Crippen molar-refractivity contribution >= 4 is 10.2 Å². The molecule has 1 aliphatic rings. The molecule has 1 aromatic carbocycles. The van der Waals surface area contributed by atoms with Crippen LogP contribution in [0.15, 0.2) is 24.3 Å². The molecule has 0 radical (unpaired) electrons. The molecule has 0 spiro atoms. The predicted molar refractivity (Wildman–Crippen MR) is 63.1 cm³/mol. The van der Waals surface area contributed by atoms with Gasteiger partial charge in [-0.3, -0.25) is 0 Å². The fraction of sp³-hybridized carbons (Fsp3) is 0.455. The third-order valence-corrected chi connectivity index (χ3v) is 4.05. The van der Waals surface area contributed by atoms with Gasteiger partial charge in [0.1, 0.15) is 0 Å². The summed E-state index contributed by atoms with van der Waals surface area (Å²) in [5.74, 6) is 0. The van der Waals surface area contributed by atoms with Crippen LogP contribution in [0.5, 0.6) is 0 Å². The quantitative estimate of drug-likeness (QED) is 0.784. The summed E-state index contributed by atoms with van der Waals surface area (Å²) in [5, 5.41) is 5.15. The highest BCUT2D eigenvalue weighted by molar-refractivity contribution is 7.86. The van der Waals surface area contributed by atoms with Gasteiger partial charge in [-0.1, -0.05) is 24.3 Å². The van der Waals surface area contributed by atoms with Crippen molar-refractivity contribution < 1.29 is 8.42 Å². The molecule has 4 nitrogen and oxygen atoms in total. The molecule has 1 aromatic rings. The highest BCUT2D eigenvalue weighted by atomic mass is 32.2. The Balaban J connectivity index is 2.19. The molecule has 1 heterocycles. The minimum absolute atomic E-state index is 0.482. The zero-order valence-corrected chi connectivity index (χ0v) is 9.91. The molecule has 0 atom stereocenters. The Bertz CT molecular complexity index is 471. The first kappa shape index (κ1) is 11.6. The minimum Gasteiger partial charge on any atom is -0.216 e. The molecule has 0 fully saturated rings. The molecule has 0 unspecified atom stereocenters. The molecule has 0 amide bonds. The Morgan fingerprint density at radius 2 is 1.69 bits per heavy atom. The lowest BCUT2D eigenvalue weighted by atomic mass is 9.99. The first-order valence-corrected chi connectivity index (χ1v) is 6.92. The van der Waals surface area contributed by atoms with Gasteiger partial charge < -0.3 is 0 Å². The summed E-state index contributed by atoms with van der Waals surface area (Å²) in [6.07, 6.45) is 2.49. The fourth-order valence-corrected chi connectivity index (χ4v) is 2.83. The van der Waals surface area contributed by atoms with Gasteiger partial charge in [-0.05, 0) is 30.4 Å². The van der Waals surface area contributed by atoms with Crippen LogP contribution in [0.2, 0.25) is 0 Å². The molecule has 1 aliphatic heterocycles. The smallest absolute Gasteiger partial charge is 0.216 e. The van der Waals surface area contributed by atoms with Gasteiger partial charge in [0.05, 0.1) is 0 Å². The summed E-state index contributed by atoms with van der Waals surface area (Å²) in [6, 6.07) is 8.18. The molecule has 2 rings (SSSR count). The maximum Gasteiger partial charge on any atom is 0.276 e. The number of nitrogens with zero attached hydrogens (tertiary/aromatic N) is 1. The van der Waals surface area contributed by atoms with Crippen molar-refractivity contribution in [2.24, 2.45) is 5.14 Å². The van der Waals surface area contributed by atoms with Crippen LogP contribution < -0.4 is 5.14 Å². The lowest BCUT2D eigenvalue weighted by Crippen LogP contribution is -2.39. The standard InChI is InChI=1S/C11H16N2O2S/c12-16(14,15)13-8-3-6-10-4-1-2-5-11(10)7-9-13/h1-2,4-5H,3,6-9H2,(H2,12,14,15). The molecule has 0 aromatic heterocycles. The van der Waals surface area contributed by atoms with E-state index in [1.807, 2.05) is 12.1 Å². The Morgan fingerprint density at radius 3 is 2.31 bits per heavy atom. The van der Waals surface area contributed by atoms with Crippen LogP contribution in [-0.4, -0.2) is 25.8 Å². The molecule has 0 saturated heterocycles. The third kappa shape index (κ3) is 2.61. The highest BCUT2D eigenvalue weighted by Crippen LogP contribution is 2.16. The Hall–Kier alpha value is -0.910. The lowest BCUT2D eigenvalue weighted by molar-refractivity contribution is 0.401. The van der Waals surface area contributed by atoms with Crippen LogP contribution in [0.1, 0.15) is 17.5 Å². The van der Waals surface area contributed by atoms with Crippen LogP contribution in [0.25, 0.3) is 0 Å². The second-order valence-electron chi connectivity index (χ2n) is 4.07. The van der Waals surface area contributed by atoms with Crippen molar-refractivity contribution in [3.63, 3.8) is 0 Å². The van der Waals surface area contributed by atoms with E-state index < -0.39 is 10.2 Å². The van der Waals surface area contributed by atoms with E-state index in [0.29, 0.717) is 13.1 Å². The fourth-order valence-electron chi connectivity index (χ4n) is 2.10. The molecule has 0 bridgehead atoms. The average Bonchev–Trinajstić information content (AvgIpc) is 2.17. The first-order valence-electron chi connectivity index (χ1n) is 5.42. The van der Waals surface area contributed by atoms with Crippen LogP contribution in [0.4, 0.5) is 0 Å². The summed E-state index contributed by atoms with van der Waals surface area (Å²) in [5.41, 5.74) is 2.56. The molecular weight excluding hydrogens is 224 g/mol. The van der Waals surface area contributed by atoms with E-state index in [2.05, 4.69) is 12.1 Å². The largest absolute Gasteiger partial charge is 0.276 e. The van der Waals surface area contributed by atoms with E-state index in [1.54, 1.807) is 0 Å². The molecule has 0 saturated carbocycles. The van der Waals surface area contributed by atoms with Gasteiger partial charge in [0.25, 0.3) is 10.2 Å². The van der Waals surface area contributed by atoms with Gasteiger partial charge >= 0.3 is 0 Å². The molecule has 5 heteroatoms. The van der Waals surface area contributed by atoms with E-state index in [-0.39, 0.29) is 0 Å². The van der Waals surface area contributed by atoms with E-state index >= 15 is 0 Å². The number of aryl methyl sites for hydroxylation is 1. The number of nitrogens with two attached hydrogens (primary N) is 1. The second kappa shape index (κ2) is 4.53. The predicted octanol–water partition coefficient (Wildman–Crippen LogP) is 0.681. The van der Waals surface area contributed by atoms with Gasteiger partial charge in [-0.2, -0.15) is 12.7 Å². The van der Waals surface area contributed by atoms with E-state index in [4.69, 9.17) is 5.14 Å². The number of hydrogen-bond acceptors (Lipinski definition) is 2. The van der Waals surface area contributed by atoms with Crippen molar-refractivity contribution in [1.29, 1.82) is 0 Å². The number of rotatable bonds is 1. The summed E-state index contributed by atoms with van der Waals surface area (Å²) < 4.78 is 23.9. The van der Waals surface area contributed by atoms with E-state index in [0.717, 1.165) is 19.3 Å². The SMILES string of the molecule is NS(=O)(=O)N1CCCc2ccccc2CC1. The first-order chi connectivity index (χ1) is 7.57. The monoisotopic (exact) mass is 240 g/mol. The van der Waals surface area contributed by atoms with Crippen molar-refractivity contribution in [2.75, 3.05) is 13.1 Å².